The Morgan fingerprint density at radius 1 is 1.30 bits per heavy atom. The molecule has 1 rings (SSSR count). The van der Waals surface area contributed by atoms with Gasteiger partial charge in [-0.2, -0.15) is 0 Å². The van der Waals surface area contributed by atoms with Crippen LogP contribution in [-0.4, -0.2) is 36.4 Å². The zero-order valence-corrected chi connectivity index (χ0v) is 10.7. The molecule has 8 nitrogen and oxygen atoms in total. The number of hydrogen-bond acceptors (Lipinski definition) is 7. The van der Waals surface area contributed by atoms with Gasteiger partial charge in [0.05, 0.1) is 24.2 Å². The lowest BCUT2D eigenvalue weighted by molar-refractivity contribution is -0.385. The molecule has 0 spiro atoms. The molecule has 0 bridgehead atoms. The standard InChI is InChI=1S/C12H11NO7/c1-3-20-12(16)10(14)9-7(11(15)19-2)5-4-6-8(9)13(17)18/h4-6H,3H2,1-2H3. The van der Waals surface area contributed by atoms with Gasteiger partial charge in [0.25, 0.3) is 11.5 Å². The van der Waals surface area contributed by atoms with Crippen molar-refractivity contribution >= 4 is 23.4 Å². The van der Waals surface area contributed by atoms with Gasteiger partial charge >= 0.3 is 11.9 Å². The third-order valence-corrected chi connectivity index (χ3v) is 2.33. The average molecular weight is 281 g/mol. The number of ether oxygens (including phenoxy) is 2. The molecule has 0 saturated carbocycles. The van der Waals surface area contributed by atoms with Crippen LogP contribution in [-0.2, 0) is 14.3 Å². The Morgan fingerprint density at radius 2 is 1.95 bits per heavy atom. The second kappa shape index (κ2) is 6.41. The Labute approximate surface area is 113 Å². The first kappa shape index (κ1) is 15.3. The predicted octanol–water partition coefficient (Wildman–Crippen LogP) is 1.13. The van der Waals surface area contributed by atoms with E-state index in [1.807, 2.05) is 0 Å². The number of rotatable bonds is 5. The Balaban J connectivity index is 3.46. The SMILES string of the molecule is CCOC(=O)C(=O)c1c(C(=O)OC)cccc1[N+](=O)[O-]. The van der Waals surface area contributed by atoms with Gasteiger partial charge in [-0.25, -0.2) is 9.59 Å². The summed E-state index contributed by atoms with van der Waals surface area (Å²) < 4.78 is 8.93. The van der Waals surface area contributed by atoms with Crippen molar-refractivity contribution in [2.24, 2.45) is 0 Å². The lowest BCUT2D eigenvalue weighted by Crippen LogP contribution is -2.22. The molecule has 0 unspecified atom stereocenters. The number of nitro groups is 1. The van der Waals surface area contributed by atoms with Crippen LogP contribution >= 0.6 is 0 Å². The zero-order valence-electron chi connectivity index (χ0n) is 10.7. The van der Waals surface area contributed by atoms with E-state index in [1.165, 1.54) is 13.0 Å². The normalized spacial score (nSPS) is 9.70. The molecular weight excluding hydrogens is 270 g/mol. The minimum Gasteiger partial charge on any atom is -0.465 e. The molecule has 0 heterocycles. The Bertz CT molecular complexity index is 579. The maximum atomic E-state index is 11.9. The number of nitro benzene ring substituents is 1. The summed E-state index contributed by atoms with van der Waals surface area (Å²) in [6.45, 7) is 1.41. The van der Waals surface area contributed by atoms with E-state index in [2.05, 4.69) is 9.47 Å². The van der Waals surface area contributed by atoms with Gasteiger partial charge in [-0.1, -0.05) is 6.07 Å². The second-order valence-electron chi connectivity index (χ2n) is 3.50. The van der Waals surface area contributed by atoms with Crippen LogP contribution in [0.3, 0.4) is 0 Å². The monoisotopic (exact) mass is 281 g/mol. The van der Waals surface area contributed by atoms with Crippen LogP contribution in [0, 0.1) is 10.1 Å². The molecule has 0 saturated heterocycles. The summed E-state index contributed by atoms with van der Waals surface area (Å²) in [5.74, 6) is -3.49. The highest BCUT2D eigenvalue weighted by Crippen LogP contribution is 2.24. The minimum atomic E-state index is -1.27. The molecule has 0 amide bonds. The number of methoxy groups -OCH3 is 1. The highest BCUT2D eigenvalue weighted by molar-refractivity contribution is 6.43. The zero-order chi connectivity index (χ0) is 15.3. The number of Topliss-reactive ketones (excluding diaryl/α,β-unsaturated/α-hetero) is 1. The van der Waals surface area contributed by atoms with Crippen molar-refractivity contribution in [2.75, 3.05) is 13.7 Å². The van der Waals surface area contributed by atoms with Crippen LogP contribution in [0.25, 0.3) is 0 Å². The number of benzene rings is 1. The first-order valence-corrected chi connectivity index (χ1v) is 5.51. The minimum absolute atomic E-state index is 0.0707. The summed E-state index contributed by atoms with van der Waals surface area (Å²) in [6.07, 6.45) is 0. The number of carbonyl (C=O) groups is 3. The number of ketones is 1. The number of nitrogens with zero attached hydrogens (tertiary/aromatic N) is 1. The highest BCUT2D eigenvalue weighted by Gasteiger charge is 2.32. The van der Waals surface area contributed by atoms with Gasteiger partial charge in [-0.15, -0.1) is 0 Å². The van der Waals surface area contributed by atoms with Crippen molar-refractivity contribution in [3.8, 4) is 0 Å². The van der Waals surface area contributed by atoms with Crippen molar-refractivity contribution in [3.63, 3.8) is 0 Å². The second-order valence-corrected chi connectivity index (χ2v) is 3.50. The van der Waals surface area contributed by atoms with Crippen LogP contribution < -0.4 is 0 Å². The smallest absolute Gasteiger partial charge is 0.379 e. The number of esters is 2. The van der Waals surface area contributed by atoms with E-state index in [9.17, 15) is 24.5 Å². The summed E-state index contributed by atoms with van der Waals surface area (Å²) in [6, 6.07) is 3.39. The Kier molecular flexibility index (Phi) is 4.90. The quantitative estimate of drug-likeness (QED) is 0.261. The fourth-order valence-corrected chi connectivity index (χ4v) is 1.51. The maximum absolute atomic E-state index is 11.9. The molecule has 0 fully saturated rings. The van der Waals surface area contributed by atoms with Crippen LogP contribution in [0.5, 0.6) is 0 Å². The molecule has 0 N–H and O–H groups in total. The van der Waals surface area contributed by atoms with E-state index in [1.54, 1.807) is 0 Å². The van der Waals surface area contributed by atoms with Crippen LogP contribution in [0.15, 0.2) is 18.2 Å². The first-order chi connectivity index (χ1) is 9.43. The summed E-state index contributed by atoms with van der Waals surface area (Å²) in [4.78, 5) is 45.0. The van der Waals surface area contributed by atoms with Crippen molar-refractivity contribution in [1.29, 1.82) is 0 Å². The molecule has 8 heteroatoms. The molecule has 0 aliphatic heterocycles. The molecule has 0 atom stereocenters. The average Bonchev–Trinajstić information content (AvgIpc) is 2.44. The van der Waals surface area contributed by atoms with Crippen LogP contribution in [0.1, 0.15) is 27.6 Å². The van der Waals surface area contributed by atoms with E-state index in [-0.39, 0.29) is 12.2 Å². The van der Waals surface area contributed by atoms with E-state index in [0.717, 1.165) is 19.2 Å². The number of hydrogen-bond donors (Lipinski definition) is 0. The molecule has 106 valence electrons. The summed E-state index contributed by atoms with van der Waals surface area (Å²) in [5.41, 5.74) is -1.66. The fraction of sp³-hybridized carbons (Fsp3) is 0.250. The molecule has 0 radical (unpaired) electrons. The van der Waals surface area contributed by atoms with E-state index < -0.39 is 33.9 Å². The van der Waals surface area contributed by atoms with Gasteiger partial charge in [0.2, 0.25) is 0 Å². The molecule has 20 heavy (non-hydrogen) atoms. The van der Waals surface area contributed by atoms with Gasteiger partial charge < -0.3 is 9.47 Å². The fourth-order valence-electron chi connectivity index (χ4n) is 1.51. The topological polar surface area (TPSA) is 113 Å². The molecule has 0 aliphatic carbocycles. The van der Waals surface area contributed by atoms with Crippen molar-refractivity contribution in [3.05, 3.63) is 39.4 Å². The van der Waals surface area contributed by atoms with Gasteiger partial charge in [-0.05, 0) is 13.0 Å². The van der Waals surface area contributed by atoms with Crippen LogP contribution in [0.4, 0.5) is 5.69 Å². The van der Waals surface area contributed by atoms with Gasteiger partial charge in [0.1, 0.15) is 5.56 Å². The lowest BCUT2D eigenvalue weighted by Gasteiger charge is -2.07. The highest BCUT2D eigenvalue weighted by atomic mass is 16.6. The summed E-state index contributed by atoms with van der Waals surface area (Å²) >= 11 is 0. The third kappa shape index (κ3) is 2.97. The summed E-state index contributed by atoms with van der Waals surface area (Å²) in [5, 5.41) is 10.9. The van der Waals surface area contributed by atoms with Crippen molar-refractivity contribution < 1.29 is 28.8 Å². The van der Waals surface area contributed by atoms with Gasteiger partial charge in [0.15, 0.2) is 0 Å². The Hall–Kier alpha value is -2.77. The first-order valence-electron chi connectivity index (χ1n) is 5.51. The van der Waals surface area contributed by atoms with Crippen LogP contribution in [0.2, 0.25) is 0 Å². The van der Waals surface area contributed by atoms with E-state index in [4.69, 9.17) is 0 Å². The predicted molar refractivity (Wildman–Crippen MR) is 65.4 cm³/mol. The van der Waals surface area contributed by atoms with Gasteiger partial charge in [-0.3, -0.25) is 14.9 Å². The molecule has 0 aromatic heterocycles. The largest absolute Gasteiger partial charge is 0.465 e. The molecule has 1 aromatic carbocycles. The third-order valence-electron chi connectivity index (χ3n) is 2.33. The molecular formula is C12H11NO7. The number of carbonyl (C=O) groups excluding carboxylic acids is 3. The van der Waals surface area contributed by atoms with Crippen molar-refractivity contribution in [2.45, 2.75) is 6.92 Å². The molecule has 1 aromatic rings. The van der Waals surface area contributed by atoms with E-state index in [0.29, 0.717) is 0 Å². The lowest BCUT2D eigenvalue weighted by atomic mass is 10.0. The van der Waals surface area contributed by atoms with E-state index >= 15 is 0 Å². The van der Waals surface area contributed by atoms with Gasteiger partial charge in [0, 0.05) is 6.07 Å². The Morgan fingerprint density at radius 3 is 2.45 bits per heavy atom. The maximum Gasteiger partial charge on any atom is 0.379 e. The summed E-state index contributed by atoms with van der Waals surface area (Å²) in [7, 11) is 1.06. The molecule has 0 aliphatic rings. The van der Waals surface area contributed by atoms with Crippen molar-refractivity contribution in [1.82, 2.24) is 0 Å².